The molecule has 0 radical (unpaired) electrons. The Morgan fingerprint density at radius 2 is 1.77 bits per heavy atom. The van der Waals surface area contributed by atoms with Gasteiger partial charge in [0.2, 0.25) is 0 Å². The van der Waals surface area contributed by atoms with Crippen LogP contribution in [-0.2, 0) is 0 Å². The second kappa shape index (κ2) is 9.86. The zero-order chi connectivity index (χ0) is 21.7. The Morgan fingerprint density at radius 1 is 1.10 bits per heavy atom. The van der Waals surface area contributed by atoms with Gasteiger partial charge in [0.1, 0.15) is 5.75 Å². The van der Waals surface area contributed by atoms with Crippen molar-refractivity contribution in [1.29, 1.82) is 0 Å². The first-order valence-corrected chi connectivity index (χ1v) is 10.9. The van der Waals surface area contributed by atoms with Crippen LogP contribution in [0.15, 0.2) is 46.9 Å². The maximum absolute atomic E-state index is 12.3. The van der Waals surface area contributed by atoms with E-state index in [1.807, 2.05) is 12.1 Å². The lowest BCUT2D eigenvalue weighted by atomic mass is 10.1. The minimum absolute atomic E-state index is 0.0804. The van der Waals surface area contributed by atoms with Crippen molar-refractivity contribution in [1.82, 2.24) is 10.7 Å². The van der Waals surface area contributed by atoms with E-state index in [2.05, 4.69) is 15.8 Å². The van der Waals surface area contributed by atoms with Gasteiger partial charge in [0.15, 0.2) is 0 Å². The molecule has 7 nitrogen and oxygen atoms in total. The summed E-state index contributed by atoms with van der Waals surface area (Å²) in [5, 5.41) is 28.3. The van der Waals surface area contributed by atoms with Crippen LogP contribution < -0.4 is 10.7 Å². The van der Waals surface area contributed by atoms with E-state index >= 15 is 0 Å². The standard InChI is InChI=1S/C20H18ClN3O4S2/c1-11(14-10-29-18(17(14)26)12-2-4-13(21)5-3-12)23-24-20(28)16-7-6-15(30-16)19(27)22-8-9-25/h2-7,10,25-26H,8-9H2,1H3,(H,22,27)(H,24,28)/b23-11+. The summed E-state index contributed by atoms with van der Waals surface area (Å²) in [7, 11) is 0. The van der Waals surface area contributed by atoms with E-state index in [0.717, 1.165) is 16.9 Å². The number of thiophene rings is 2. The van der Waals surface area contributed by atoms with Gasteiger partial charge < -0.3 is 15.5 Å². The van der Waals surface area contributed by atoms with Crippen molar-refractivity contribution in [2.45, 2.75) is 6.92 Å². The van der Waals surface area contributed by atoms with Crippen molar-refractivity contribution < 1.29 is 19.8 Å². The predicted molar refractivity (Wildman–Crippen MR) is 120 cm³/mol. The largest absolute Gasteiger partial charge is 0.506 e. The molecule has 0 aliphatic carbocycles. The lowest BCUT2D eigenvalue weighted by Gasteiger charge is -2.03. The summed E-state index contributed by atoms with van der Waals surface area (Å²) in [4.78, 5) is 25.5. The van der Waals surface area contributed by atoms with Gasteiger partial charge in [0, 0.05) is 16.9 Å². The molecule has 0 aliphatic heterocycles. The van der Waals surface area contributed by atoms with Crippen molar-refractivity contribution in [3.8, 4) is 16.2 Å². The number of carbonyl (C=O) groups is 2. The van der Waals surface area contributed by atoms with E-state index in [9.17, 15) is 14.7 Å². The third kappa shape index (κ3) is 5.06. The molecule has 0 saturated carbocycles. The molecule has 0 atom stereocenters. The fraction of sp³-hybridized carbons (Fsp3) is 0.150. The molecule has 0 spiro atoms. The van der Waals surface area contributed by atoms with Gasteiger partial charge in [-0.25, -0.2) is 5.43 Å². The van der Waals surface area contributed by atoms with Crippen molar-refractivity contribution in [3.63, 3.8) is 0 Å². The van der Waals surface area contributed by atoms with Crippen molar-refractivity contribution in [2.24, 2.45) is 5.10 Å². The van der Waals surface area contributed by atoms with Crippen LogP contribution in [-0.4, -0.2) is 40.9 Å². The molecule has 0 saturated heterocycles. The molecule has 4 N–H and O–H groups in total. The number of aromatic hydroxyl groups is 1. The zero-order valence-electron chi connectivity index (χ0n) is 15.8. The van der Waals surface area contributed by atoms with Crippen molar-refractivity contribution >= 4 is 51.8 Å². The normalized spacial score (nSPS) is 11.4. The lowest BCUT2D eigenvalue weighted by Crippen LogP contribution is -2.25. The van der Waals surface area contributed by atoms with Crippen LogP contribution >= 0.6 is 34.3 Å². The first kappa shape index (κ1) is 22.0. The molecule has 30 heavy (non-hydrogen) atoms. The van der Waals surface area contributed by atoms with Crippen molar-refractivity contribution in [3.05, 3.63) is 62.1 Å². The second-order valence-corrected chi connectivity index (χ2v) is 8.52. The SMILES string of the molecule is C/C(=N\NC(=O)c1ccc(C(=O)NCCO)s1)c1csc(-c2ccc(Cl)cc2)c1O. The van der Waals surface area contributed by atoms with Crippen LogP contribution in [0.1, 0.15) is 31.8 Å². The molecule has 10 heteroatoms. The molecular formula is C20H18ClN3O4S2. The van der Waals surface area contributed by atoms with E-state index in [1.165, 1.54) is 23.5 Å². The average Bonchev–Trinajstić information content (AvgIpc) is 3.38. The number of amides is 2. The average molecular weight is 464 g/mol. The maximum Gasteiger partial charge on any atom is 0.281 e. The van der Waals surface area contributed by atoms with Crippen LogP contribution in [0.25, 0.3) is 10.4 Å². The van der Waals surface area contributed by atoms with E-state index in [-0.39, 0.29) is 24.8 Å². The van der Waals surface area contributed by atoms with Crippen LogP contribution in [0, 0.1) is 0 Å². The van der Waals surface area contributed by atoms with E-state index in [4.69, 9.17) is 16.7 Å². The number of benzene rings is 1. The first-order chi connectivity index (χ1) is 14.4. The number of carbonyl (C=O) groups excluding carboxylic acids is 2. The Bertz CT molecular complexity index is 1090. The minimum Gasteiger partial charge on any atom is -0.506 e. The van der Waals surface area contributed by atoms with Crippen LogP contribution in [0.2, 0.25) is 5.02 Å². The van der Waals surface area contributed by atoms with Crippen LogP contribution in [0.3, 0.4) is 0 Å². The van der Waals surface area contributed by atoms with Gasteiger partial charge in [-0.15, -0.1) is 22.7 Å². The van der Waals surface area contributed by atoms with Gasteiger partial charge in [-0.2, -0.15) is 5.10 Å². The van der Waals surface area contributed by atoms with Crippen LogP contribution in [0.5, 0.6) is 5.75 Å². The van der Waals surface area contributed by atoms with Gasteiger partial charge >= 0.3 is 0 Å². The summed E-state index contributed by atoms with van der Waals surface area (Å²) in [6.45, 7) is 1.66. The molecule has 1 aromatic carbocycles. The summed E-state index contributed by atoms with van der Waals surface area (Å²) < 4.78 is 0. The van der Waals surface area contributed by atoms with Gasteiger partial charge in [-0.05, 0) is 36.8 Å². The number of aliphatic hydroxyl groups excluding tert-OH is 1. The number of nitrogens with zero attached hydrogens (tertiary/aromatic N) is 1. The first-order valence-electron chi connectivity index (χ1n) is 8.81. The molecule has 0 fully saturated rings. The summed E-state index contributed by atoms with van der Waals surface area (Å²) in [6.07, 6.45) is 0. The zero-order valence-corrected chi connectivity index (χ0v) is 18.2. The van der Waals surface area contributed by atoms with E-state index in [1.54, 1.807) is 24.4 Å². The monoisotopic (exact) mass is 463 g/mol. The number of hydrogen-bond donors (Lipinski definition) is 4. The summed E-state index contributed by atoms with van der Waals surface area (Å²) in [5.41, 5.74) is 4.22. The molecule has 2 aromatic heterocycles. The Kier molecular flexibility index (Phi) is 7.22. The molecule has 156 valence electrons. The number of halogens is 1. The van der Waals surface area contributed by atoms with Gasteiger partial charge in [0.05, 0.1) is 32.5 Å². The molecule has 0 aliphatic rings. The Balaban J connectivity index is 1.69. The fourth-order valence-electron chi connectivity index (χ4n) is 2.50. The number of rotatable bonds is 7. The van der Waals surface area contributed by atoms with Gasteiger partial charge in [-0.3, -0.25) is 9.59 Å². The van der Waals surface area contributed by atoms with Gasteiger partial charge in [-0.1, -0.05) is 23.7 Å². The summed E-state index contributed by atoms with van der Waals surface area (Å²) >= 11 is 8.29. The molecule has 3 aromatic rings. The van der Waals surface area contributed by atoms with E-state index in [0.29, 0.717) is 30.9 Å². The Morgan fingerprint density at radius 3 is 2.43 bits per heavy atom. The third-order valence-corrected chi connectivity index (χ3v) is 6.39. The Hall–Kier alpha value is -2.72. The number of hydrogen-bond acceptors (Lipinski definition) is 7. The summed E-state index contributed by atoms with van der Waals surface area (Å²) in [5.74, 6) is -0.740. The third-order valence-electron chi connectivity index (χ3n) is 4.04. The highest BCUT2D eigenvalue weighted by atomic mass is 35.5. The molecular weight excluding hydrogens is 446 g/mol. The maximum atomic E-state index is 12.3. The molecule has 3 rings (SSSR count). The second-order valence-electron chi connectivity index (χ2n) is 6.12. The quantitative estimate of drug-likeness (QED) is 0.316. The number of nitrogens with one attached hydrogen (secondary N) is 2. The predicted octanol–water partition coefficient (Wildman–Crippen LogP) is 3.71. The van der Waals surface area contributed by atoms with Crippen molar-refractivity contribution in [2.75, 3.05) is 13.2 Å². The van der Waals surface area contributed by atoms with Gasteiger partial charge in [0.25, 0.3) is 11.8 Å². The molecule has 0 bridgehead atoms. The highest BCUT2D eigenvalue weighted by Crippen LogP contribution is 2.39. The minimum atomic E-state index is -0.465. The number of hydrazone groups is 1. The highest BCUT2D eigenvalue weighted by Gasteiger charge is 2.16. The topological polar surface area (TPSA) is 111 Å². The highest BCUT2D eigenvalue weighted by molar-refractivity contribution is 7.16. The van der Waals surface area contributed by atoms with Crippen LogP contribution in [0.4, 0.5) is 0 Å². The molecule has 2 amide bonds. The van der Waals surface area contributed by atoms with E-state index < -0.39 is 5.91 Å². The number of aliphatic hydroxyl groups is 1. The smallest absolute Gasteiger partial charge is 0.281 e. The summed E-state index contributed by atoms with van der Waals surface area (Å²) in [6, 6.07) is 10.2. The fourth-order valence-corrected chi connectivity index (χ4v) is 4.45. The Labute approximate surface area is 185 Å². The molecule has 0 unspecified atom stereocenters. The molecule has 2 heterocycles. The lowest BCUT2D eigenvalue weighted by molar-refractivity contribution is 0.0946.